The van der Waals surface area contributed by atoms with Crippen molar-refractivity contribution in [3.63, 3.8) is 0 Å². The smallest absolute Gasteiger partial charge is 0.316 e. The molecular formula is C72H122N4O18. The molecule has 0 aromatic carbocycles. The molecule has 22 heteroatoms. The number of esters is 4. The van der Waals surface area contributed by atoms with E-state index in [0.29, 0.717) is 38.8 Å². The van der Waals surface area contributed by atoms with Gasteiger partial charge in [-0.15, -0.1) is 6.58 Å². The van der Waals surface area contributed by atoms with Gasteiger partial charge in [0.15, 0.2) is 41.1 Å². The van der Waals surface area contributed by atoms with Gasteiger partial charge >= 0.3 is 23.9 Å². The Labute approximate surface area is 562 Å². The summed E-state index contributed by atoms with van der Waals surface area (Å²) in [5.41, 5.74) is -4.35. The molecule has 6 heterocycles. The molecular weight excluding hydrogens is 1210 g/mol. The van der Waals surface area contributed by atoms with E-state index in [1.807, 2.05) is 97.4 Å². The third-order valence-electron chi connectivity index (χ3n) is 21.8. The van der Waals surface area contributed by atoms with Crippen LogP contribution in [0.5, 0.6) is 0 Å². The predicted octanol–water partition coefficient (Wildman–Crippen LogP) is 8.00. The molecule has 27 atom stereocenters. The lowest BCUT2D eigenvalue weighted by atomic mass is 9.78. The van der Waals surface area contributed by atoms with Crippen LogP contribution < -0.4 is 10.6 Å². The van der Waals surface area contributed by atoms with Crippen LogP contribution in [0.25, 0.3) is 0 Å². The SMILES string of the molecule is C=CC(=O)CO[C@]1(C)C[C@@H](C)CN[C@H](C)[C@H]2CC(=O)O[C@]2(C)[C@@H](CC)OC(=O)[C@H](C)C(=O)[C@H](C)[C@H]1OC1OC(C)CC(N(C)C)C1C.C=CC(O)CO[C@]1(C)C[C@@H](C)CN[C@H](C)[C@H]2CC(=O)O[C@]2(C)[C@@H](CC)OC(=O)[C@H](C)C(=O)[C@H](C)[C@H]1OC1OC(C)CC(N(C)C)C1C. The molecule has 0 radical (unpaired) electrons. The summed E-state index contributed by atoms with van der Waals surface area (Å²) in [5.74, 6) is -7.58. The summed E-state index contributed by atoms with van der Waals surface area (Å²) < 4.78 is 63.3. The van der Waals surface area contributed by atoms with E-state index in [0.717, 1.165) is 12.8 Å². The fourth-order valence-electron chi connectivity index (χ4n) is 16.0. The summed E-state index contributed by atoms with van der Waals surface area (Å²) >= 11 is 0. The van der Waals surface area contributed by atoms with E-state index in [-0.39, 0.29) is 127 Å². The molecule has 3 N–H and O–H groups in total. The second-order valence-corrected chi connectivity index (χ2v) is 30.1. The Bertz CT molecular complexity index is 2590. The van der Waals surface area contributed by atoms with Crippen molar-refractivity contribution in [3.05, 3.63) is 25.3 Å². The quantitative estimate of drug-likeness (QED) is 0.0434. The van der Waals surface area contributed by atoms with Crippen molar-refractivity contribution in [3.8, 4) is 0 Å². The van der Waals surface area contributed by atoms with Gasteiger partial charge in [-0.25, -0.2) is 0 Å². The van der Waals surface area contributed by atoms with Crippen molar-refractivity contribution < 1.29 is 86.0 Å². The van der Waals surface area contributed by atoms with E-state index >= 15 is 0 Å². The fraction of sp³-hybridized carbons (Fsp3) is 0.847. The molecule has 0 spiro atoms. The Morgan fingerprint density at radius 1 is 0.617 bits per heavy atom. The number of carbonyl (C=O) groups excluding carboxylic acids is 7. The highest BCUT2D eigenvalue weighted by Crippen LogP contribution is 2.45. The van der Waals surface area contributed by atoms with Crippen LogP contribution in [-0.2, 0) is 80.9 Å². The highest BCUT2D eigenvalue weighted by atomic mass is 16.7. The molecule has 0 amide bonds. The average molecular weight is 1330 g/mol. The zero-order valence-electron chi connectivity index (χ0n) is 61.1. The van der Waals surface area contributed by atoms with E-state index in [2.05, 4.69) is 61.3 Å². The van der Waals surface area contributed by atoms with E-state index < -0.39 is 101 Å². The molecule has 6 aliphatic heterocycles. The van der Waals surface area contributed by atoms with E-state index in [1.54, 1.807) is 27.7 Å². The van der Waals surface area contributed by atoms with E-state index in [9.17, 15) is 38.7 Å². The standard InChI is InChI=1S/C36H62N2O9.C36H60N2O9/c2*1-13-26(39)19-43-35(9)17-20(3)18-37-25(8)27-16-30(40)47-36(27,10)29(14-2)45-33(42)24(7)31(41)23(6)32(35)46-34-22(5)28(38(11)12)15-21(4)44-34/h13,20-29,32,34,37,39H,1,14-19H2,2-12H3;13,20-25,27-29,32,34,37H,1,14-19H2,2-12H3/t20-,21?,22?,23+,24-,25-,26?,27-,28?,29-,32-,34?,35-,36+;20-,21?,22?,23+,24-,25-,27-,28?,29-,32-,34?,35-,36+/m11/s1. The maximum absolute atomic E-state index is 14.3. The number of cyclic esters (lactones) is 2. The maximum Gasteiger partial charge on any atom is 0.316 e. The first-order valence-corrected chi connectivity index (χ1v) is 34.8. The Kier molecular flexibility index (Phi) is 29.3. The highest BCUT2D eigenvalue weighted by molar-refractivity contribution is 6.00. The largest absolute Gasteiger partial charge is 0.458 e. The first-order valence-electron chi connectivity index (χ1n) is 34.8. The maximum atomic E-state index is 14.3. The zero-order valence-corrected chi connectivity index (χ0v) is 61.1. The molecule has 6 fully saturated rings. The second-order valence-electron chi connectivity index (χ2n) is 30.1. The minimum absolute atomic E-state index is 0.0143. The van der Waals surface area contributed by atoms with Crippen molar-refractivity contribution in [1.82, 2.24) is 20.4 Å². The Morgan fingerprint density at radius 2 is 0.989 bits per heavy atom. The van der Waals surface area contributed by atoms with Gasteiger partial charge in [-0.3, -0.25) is 33.6 Å². The number of hydrogen-bond donors (Lipinski definition) is 3. The van der Waals surface area contributed by atoms with Crippen molar-refractivity contribution in [2.45, 2.75) is 278 Å². The highest BCUT2D eigenvalue weighted by Gasteiger charge is 2.58. The number of carbonyl (C=O) groups is 7. The van der Waals surface area contributed by atoms with Gasteiger partial charge in [-0.2, -0.15) is 0 Å². The molecule has 6 saturated heterocycles. The van der Waals surface area contributed by atoms with E-state index in [1.165, 1.54) is 12.2 Å². The van der Waals surface area contributed by atoms with Gasteiger partial charge in [-0.1, -0.05) is 68.0 Å². The topological polar surface area (TPSA) is 263 Å². The van der Waals surface area contributed by atoms with Crippen molar-refractivity contribution in [2.75, 3.05) is 54.5 Å². The minimum atomic E-state index is -1.15. The van der Waals surface area contributed by atoms with Gasteiger partial charge < -0.3 is 72.9 Å². The summed E-state index contributed by atoms with van der Waals surface area (Å²) in [6.07, 6.45) is 0.765. The summed E-state index contributed by atoms with van der Waals surface area (Å²) in [7, 11) is 8.14. The minimum Gasteiger partial charge on any atom is -0.458 e. The number of ether oxygens (including phenoxy) is 10. The Balaban J connectivity index is 0.000000341. The molecule has 9 unspecified atom stereocenters. The number of nitrogens with zero attached hydrogens (tertiary/aromatic N) is 2. The first-order chi connectivity index (χ1) is 43.8. The third kappa shape index (κ3) is 19.2. The number of fused-ring (bicyclic) bond motifs is 2. The van der Waals surface area contributed by atoms with Crippen molar-refractivity contribution >= 4 is 41.2 Å². The number of rotatable bonds is 16. The average Bonchev–Trinajstić information content (AvgIpc) is 1.49. The third-order valence-corrected chi connectivity index (χ3v) is 21.8. The number of hydrogen-bond acceptors (Lipinski definition) is 22. The monoisotopic (exact) mass is 1330 g/mol. The normalized spacial score (nSPS) is 42.9. The van der Waals surface area contributed by atoms with Crippen molar-refractivity contribution in [2.24, 2.45) is 59.2 Å². The molecule has 6 aliphatic rings. The van der Waals surface area contributed by atoms with Gasteiger partial charge in [0, 0.05) is 59.7 Å². The number of Topliss-reactive ketones (excluding diaryl/α,β-unsaturated/α-hetero) is 2. The molecule has 22 nitrogen and oxygen atoms in total. The lowest BCUT2D eigenvalue weighted by molar-refractivity contribution is -0.284. The number of aliphatic hydroxyl groups is 1. The van der Waals surface area contributed by atoms with Gasteiger partial charge in [0.1, 0.15) is 30.7 Å². The van der Waals surface area contributed by atoms with Crippen LogP contribution in [0.15, 0.2) is 25.3 Å². The predicted molar refractivity (Wildman–Crippen MR) is 356 cm³/mol. The summed E-state index contributed by atoms with van der Waals surface area (Å²) in [5, 5.41) is 17.7. The van der Waals surface area contributed by atoms with Crippen LogP contribution in [0, 0.1) is 59.2 Å². The van der Waals surface area contributed by atoms with Gasteiger partial charge in [-0.05, 0) is 167 Å². The Hall–Kier alpha value is -4.07. The molecule has 538 valence electrons. The molecule has 0 aliphatic carbocycles. The summed E-state index contributed by atoms with van der Waals surface area (Å²) in [6.45, 7) is 42.3. The molecule has 6 rings (SSSR count). The summed E-state index contributed by atoms with van der Waals surface area (Å²) in [6, 6.07) is 0.0527. The van der Waals surface area contributed by atoms with Crippen LogP contribution >= 0.6 is 0 Å². The second kappa shape index (κ2) is 34.1. The lowest BCUT2D eigenvalue weighted by Gasteiger charge is -2.48. The van der Waals surface area contributed by atoms with Crippen LogP contribution in [0.1, 0.15) is 176 Å². The van der Waals surface area contributed by atoms with Gasteiger partial charge in [0.2, 0.25) is 0 Å². The number of ketones is 3. The first kappa shape index (κ1) is 80.6. The molecule has 0 bridgehead atoms. The van der Waals surface area contributed by atoms with Crippen molar-refractivity contribution in [1.29, 1.82) is 0 Å². The molecule has 0 aromatic rings. The number of nitrogens with one attached hydrogen (secondary N) is 2. The fourth-order valence-corrected chi connectivity index (χ4v) is 16.0. The summed E-state index contributed by atoms with van der Waals surface area (Å²) in [4.78, 5) is 98.0. The zero-order chi connectivity index (χ0) is 70.9. The van der Waals surface area contributed by atoms with Crippen LogP contribution in [0.3, 0.4) is 0 Å². The molecule has 0 aromatic heterocycles. The van der Waals surface area contributed by atoms with Crippen LogP contribution in [0.4, 0.5) is 0 Å². The van der Waals surface area contributed by atoms with E-state index in [4.69, 9.17) is 47.4 Å². The number of aliphatic hydroxyl groups excluding tert-OH is 1. The molecule has 94 heavy (non-hydrogen) atoms. The van der Waals surface area contributed by atoms with Gasteiger partial charge in [0.05, 0.1) is 61.2 Å². The molecule has 0 saturated carbocycles. The van der Waals surface area contributed by atoms with Crippen LogP contribution in [0.2, 0.25) is 0 Å². The Morgan fingerprint density at radius 3 is 1.33 bits per heavy atom. The van der Waals surface area contributed by atoms with Crippen LogP contribution in [-0.4, -0.2) is 213 Å². The lowest BCUT2D eigenvalue weighted by Crippen LogP contribution is -2.57. The van der Waals surface area contributed by atoms with Gasteiger partial charge in [0.25, 0.3) is 0 Å².